The summed E-state index contributed by atoms with van der Waals surface area (Å²) in [6, 6.07) is 7.13. The molecule has 0 aliphatic rings. The topological polar surface area (TPSA) is 84.7 Å². The first-order valence-electron chi connectivity index (χ1n) is 6.63. The van der Waals surface area contributed by atoms with Crippen molar-refractivity contribution in [3.05, 3.63) is 29.8 Å². The summed E-state index contributed by atoms with van der Waals surface area (Å²) >= 11 is 0. The van der Waals surface area contributed by atoms with Crippen molar-refractivity contribution in [2.45, 2.75) is 19.8 Å². The fourth-order valence-electron chi connectivity index (χ4n) is 1.68. The number of ether oxygens (including phenoxy) is 1. The van der Waals surface area contributed by atoms with Crippen molar-refractivity contribution in [1.82, 2.24) is 10.2 Å². The van der Waals surface area contributed by atoms with Gasteiger partial charge in [-0.15, -0.1) is 0 Å². The summed E-state index contributed by atoms with van der Waals surface area (Å²) in [6.07, 6.45) is 1.91. The van der Waals surface area contributed by atoms with Gasteiger partial charge in [-0.1, -0.05) is 25.1 Å². The molecule has 0 heterocycles. The van der Waals surface area contributed by atoms with Crippen LogP contribution in [-0.2, 0) is 11.2 Å². The molecule has 0 aromatic heterocycles. The summed E-state index contributed by atoms with van der Waals surface area (Å²) in [7, 11) is 0. The smallest absolute Gasteiger partial charge is 0.326 e. The molecule has 0 saturated carbocycles. The number of rotatable bonds is 8. The van der Waals surface area contributed by atoms with Crippen LogP contribution in [0.4, 0.5) is 4.79 Å². The van der Waals surface area contributed by atoms with Crippen LogP contribution in [0.25, 0.3) is 0 Å². The quantitative estimate of drug-likeness (QED) is 0.551. The van der Waals surface area contributed by atoms with E-state index in [1.54, 1.807) is 0 Å². The highest BCUT2D eigenvalue weighted by atomic mass is 16.5. The molecule has 6 heteroatoms. The zero-order chi connectivity index (χ0) is 14.8. The number of para-hydroxylation sites is 1. The number of nitrogens with zero attached hydrogens (tertiary/aromatic N) is 1. The maximum Gasteiger partial charge on any atom is 0.326 e. The minimum Gasteiger partial charge on any atom is -0.473 e. The standard InChI is InChI=1S/C14H21N3O3/c1-2-12-6-3-4-7-13(12)20-10-16-14(19)17(11-18)9-5-8-15/h3-4,6-7,11H,2,5,8-10,15H2,1H3,(H,16,19). The van der Waals surface area contributed by atoms with Crippen LogP contribution >= 0.6 is 0 Å². The van der Waals surface area contributed by atoms with Crippen LogP contribution in [0.2, 0.25) is 0 Å². The van der Waals surface area contributed by atoms with E-state index in [0.717, 1.165) is 22.6 Å². The lowest BCUT2D eigenvalue weighted by atomic mass is 10.1. The Morgan fingerprint density at radius 1 is 1.45 bits per heavy atom. The molecular weight excluding hydrogens is 258 g/mol. The number of imide groups is 1. The maximum absolute atomic E-state index is 11.7. The van der Waals surface area contributed by atoms with Crippen molar-refractivity contribution in [2.75, 3.05) is 19.8 Å². The minimum absolute atomic E-state index is 0.0167. The van der Waals surface area contributed by atoms with Crippen LogP contribution in [0.15, 0.2) is 24.3 Å². The van der Waals surface area contributed by atoms with Gasteiger partial charge in [0.05, 0.1) is 0 Å². The number of amides is 3. The second kappa shape index (κ2) is 8.92. The van der Waals surface area contributed by atoms with Crippen molar-refractivity contribution in [1.29, 1.82) is 0 Å². The van der Waals surface area contributed by atoms with Crippen molar-refractivity contribution in [2.24, 2.45) is 5.73 Å². The van der Waals surface area contributed by atoms with E-state index in [-0.39, 0.29) is 6.73 Å². The summed E-state index contributed by atoms with van der Waals surface area (Å²) in [6.45, 7) is 2.78. The molecule has 20 heavy (non-hydrogen) atoms. The summed E-state index contributed by atoms with van der Waals surface area (Å²) in [4.78, 5) is 23.5. The van der Waals surface area contributed by atoms with Crippen molar-refractivity contribution >= 4 is 12.4 Å². The number of nitrogens with one attached hydrogen (secondary N) is 1. The van der Waals surface area contributed by atoms with E-state index in [1.807, 2.05) is 31.2 Å². The van der Waals surface area contributed by atoms with E-state index in [4.69, 9.17) is 10.5 Å². The second-order valence-corrected chi connectivity index (χ2v) is 4.17. The van der Waals surface area contributed by atoms with Crippen LogP contribution in [0.1, 0.15) is 18.9 Å². The minimum atomic E-state index is -0.484. The zero-order valence-corrected chi connectivity index (χ0v) is 11.7. The van der Waals surface area contributed by atoms with Gasteiger partial charge in [-0.3, -0.25) is 9.69 Å². The van der Waals surface area contributed by atoms with E-state index in [0.29, 0.717) is 25.9 Å². The number of urea groups is 1. The molecule has 0 radical (unpaired) electrons. The molecule has 0 atom stereocenters. The summed E-state index contributed by atoms with van der Waals surface area (Å²) in [5.74, 6) is 0.731. The third kappa shape index (κ3) is 4.89. The number of carbonyl (C=O) groups excluding carboxylic acids is 2. The van der Waals surface area contributed by atoms with E-state index >= 15 is 0 Å². The van der Waals surface area contributed by atoms with E-state index < -0.39 is 6.03 Å². The number of aryl methyl sites for hydroxylation is 1. The van der Waals surface area contributed by atoms with Gasteiger partial charge in [0, 0.05) is 6.54 Å². The number of nitrogens with two attached hydrogens (primary N) is 1. The fourth-order valence-corrected chi connectivity index (χ4v) is 1.68. The molecule has 0 saturated heterocycles. The van der Waals surface area contributed by atoms with Crippen LogP contribution in [-0.4, -0.2) is 37.2 Å². The van der Waals surface area contributed by atoms with Crippen LogP contribution in [0.5, 0.6) is 5.75 Å². The maximum atomic E-state index is 11.7. The summed E-state index contributed by atoms with van der Waals surface area (Å²) in [5.41, 5.74) is 6.41. The Balaban J connectivity index is 2.42. The number of hydrogen-bond acceptors (Lipinski definition) is 4. The van der Waals surface area contributed by atoms with Gasteiger partial charge in [0.2, 0.25) is 6.41 Å². The SMILES string of the molecule is CCc1ccccc1OCNC(=O)N(C=O)CCCN. The van der Waals surface area contributed by atoms with E-state index in [2.05, 4.69) is 5.32 Å². The molecule has 0 aliphatic carbocycles. The Bertz CT molecular complexity index is 437. The molecule has 6 nitrogen and oxygen atoms in total. The van der Waals surface area contributed by atoms with Gasteiger partial charge in [0.25, 0.3) is 0 Å². The fraction of sp³-hybridized carbons (Fsp3) is 0.429. The Morgan fingerprint density at radius 3 is 2.85 bits per heavy atom. The zero-order valence-electron chi connectivity index (χ0n) is 11.7. The molecule has 1 aromatic carbocycles. The third-order valence-electron chi connectivity index (χ3n) is 2.80. The highest BCUT2D eigenvalue weighted by molar-refractivity contribution is 5.84. The Hall–Kier alpha value is -2.08. The van der Waals surface area contributed by atoms with Gasteiger partial charge >= 0.3 is 6.03 Å². The number of benzene rings is 1. The summed E-state index contributed by atoms with van der Waals surface area (Å²) in [5, 5.41) is 2.54. The molecule has 1 aromatic rings. The average Bonchev–Trinajstić information content (AvgIpc) is 2.48. The van der Waals surface area contributed by atoms with Gasteiger partial charge in [0.15, 0.2) is 6.73 Å². The van der Waals surface area contributed by atoms with Crippen molar-refractivity contribution < 1.29 is 14.3 Å². The monoisotopic (exact) mass is 279 g/mol. The Labute approximate surface area is 118 Å². The normalized spacial score (nSPS) is 9.90. The first kappa shape index (κ1) is 16.0. The molecule has 0 fully saturated rings. The predicted octanol–water partition coefficient (Wildman–Crippen LogP) is 1.10. The van der Waals surface area contributed by atoms with Gasteiger partial charge in [0.1, 0.15) is 5.75 Å². The molecule has 3 amide bonds. The van der Waals surface area contributed by atoms with Gasteiger partial charge in [-0.25, -0.2) is 4.79 Å². The largest absolute Gasteiger partial charge is 0.473 e. The predicted molar refractivity (Wildman–Crippen MR) is 76.3 cm³/mol. The summed E-state index contributed by atoms with van der Waals surface area (Å²) < 4.78 is 5.50. The van der Waals surface area contributed by atoms with Gasteiger partial charge < -0.3 is 15.8 Å². The van der Waals surface area contributed by atoms with Crippen molar-refractivity contribution in [3.63, 3.8) is 0 Å². The first-order chi connectivity index (χ1) is 9.72. The lowest BCUT2D eigenvalue weighted by Gasteiger charge is -2.16. The van der Waals surface area contributed by atoms with Gasteiger partial charge in [-0.05, 0) is 31.0 Å². The average molecular weight is 279 g/mol. The molecule has 3 N–H and O–H groups in total. The highest BCUT2D eigenvalue weighted by Crippen LogP contribution is 2.17. The number of carbonyl (C=O) groups is 2. The highest BCUT2D eigenvalue weighted by Gasteiger charge is 2.11. The van der Waals surface area contributed by atoms with Crippen LogP contribution < -0.4 is 15.8 Å². The van der Waals surface area contributed by atoms with Gasteiger partial charge in [-0.2, -0.15) is 0 Å². The molecule has 1 rings (SSSR count). The lowest BCUT2D eigenvalue weighted by Crippen LogP contribution is -2.41. The van der Waals surface area contributed by atoms with Crippen LogP contribution in [0, 0.1) is 0 Å². The lowest BCUT2D eigenvalue weighted by molar-refractivity contribution is -0.115. The molecule has 0 unspecified atom stereocenters. The molecule has 0 spiro atoms. The van der Waals surface area contributed by atoms with Crippen LogP contribution in [0.3, 0.4) is 0 Å². The molecule has 0 aliphatic heterocycles. The first-order valence-corrected chi connectivity index (χ1v) is 6.63. The molecular formula is C14H21N3O3. The van der Waals surface area contributed by atoms with E-state index in [1.165, 1.54) is 0 Å². The third-order valence-corrected chi connectivity index (χ3v) is 2.80. The molecule has 0 bridgehead atoms. The van der Waals surface area contributed by atoms with Crippen molar-refractivity contribution in [3.8, 4) is 5.75 Å². The number of hydrogen-bond donors (Lipinski definition) is 2. The molecule has 110 valence electrons. The second-order valence-electron chi connectivity index (χ2n) is 4.17. The van der Waals surface area contributed by atoms with E-state index in [9.17, 15) is 9.59 Å². The Morgan fingerprint density at radius 2 is 2.20 bits per heavy atom. The Kier molecular flexibility index (Phi) is 7.13.